The fourth-order valence-corrected chi connectivity index (χ4v) is 2.92. The molecule has 2 heterocycles. The molecule has 2 aliphatic rings. The lowest BCUT2D eigenvalue weighted by molar-refractivity contribution is -0.146. The fraction of sp³-hybridized carbons (Fsp3) is 0.857. The van der Waals surface area contributed by atoms with Crippen molar-refractivity contribution in [3.05, 3.63) is 0 Å². The molecule has 20 heavy (non-hydrogen) atoms. The number of hydrogen-bond donors (Lipinski definition) is 1. The number of carboxylic acid groups (broad SMARTS) is 1. The molecule has 1 atom stereocenters. The number of amides is 1. The quantitative estimate of drug-likeness (QED) is 0.810. The minimum absolute atomic E-state index is 0.120. The molecule has 1 amide bonds. The normalized spacial score (nSPS) is 25.6. The third-order valence-electron chi connectivity index (χ3n) is 4.36. The summed E-state index contributed by atoms with van der Waals surface area (Å²) >= 11 is 0. The molecule has 0 bridgehead atoms. The minimum atomic E-state index is -0.740. The first kappa shape index (κ1) is 15.3. The molecule has 0 aromatic carbocycles. The first-order chi connectivity index (χ1) is 9.61. The van der Waals surface area contributed by atoms with E-state index in [1.165, 1.54) is 0 Å². The lowest BCUT2D eigenvalue weighted by Gasteiger charge is -2.37. The average molecular weight is 284 g/mol. The maximum atomic E-state index is 12.3. The van der Waals surface area contributed by atoms with Gasteiger partial charge in [0.2, 0.25) is 5.91 Å². The van der Waals surface area contributed by atoms with Crippen LogP contribution < -0.4 is 0 Å². The van der Waals surface area contributed by atoms with Crippen molar-refractivity contribution in [2.45, 2.75) is 32.2 Å². The molecule has 0 aromatic rings. The van der Waals surface area contributed by atoms with Gasteiger partial charge in [-0.05, 0) is 19.3 Å². The number of hydrogen-bond acceptors (Lipinski definition) is 4. The molecule has 2 aliphatic heterocycles. The van der Waals surface area contributed by atoms with Crippen LogP contribution in [0.4, 0.5) is 0 Å². The highest BCUT2D eigenvalue weighted by atomic mass is 16.5. The summed E-state index contributed by atoms with van der Waals surface area (Å²) in [5.41, 5.74) is 0. The van der Waals surface area contributed by atoms with Crippen molar-refractivity contribution in [2.75, 3.05) is 39.4 Å². The van der Waals surface area contributed by atoms with Gasteiger partial charge in [0.15, 0.2) is 0 Å². The number of piperidine rings is 1. The van der Waals surface area contributed by atoms with E-state index in [2.05, 4.69) is 11.8 Å². The first-order valence-electron chi connectivity index (χ1n) is 7.44. The summed E-state index contributed by atoms with van der Waals surface area (Å²) in [7, 11) is 0. The van der Waals surface area contributed by atoms with Gasteiger partial charge in [-0.25, -0.2) is 0 Å². The van der Waals surface area contributed by atoms with Gasteiger partial charge < -0.3 is 14.7 Å². The Morgan fingerprint density at radius 1 is 1.25 bits per heavy atom. The fourth-order valence-electron chi connectivity index (χ4n) is 2.92. The van der Waals surface area contributed by atoms with E-state index in [0.717, 1.165) is 13.0 Å². The van der Waals surface area contributed by atoms with Crippen molar-refractivity contribution in [3.8, 4) is 0 Å². The predicted molar refractivity (Wildman–Crippen MR) is 73.4 cm³/mol. The van der Waals surface area contributed by atoms with Crippen molar-refractivity contribution >= 4 is 11.9 Å². The Morgan fingerprint density at radius 3 is 2.55 bits per heavy atom. The molecule has 2 fully saturated rings. The zero-order valence-corrected chi connectivity index (χ0v) is 12.1. The lowest BCUT2D eigenvalue weighted by Crippen LogP contribution is -2.51. The Balaban J connectivity index is 1.81. The molecule has 6 nitrogen and oxygen atoms in total. The highest BCUT2D eigenvalue weighted by Gasteiger charge is 2.29. The van der Waals surface area contributed by atoms with Gasteiger partial charge in [-0.3, -0.25) is 14.5 Å². The molecule has 0 radical (unpaired) electrons. The van der Waals surface area contributed by atoms with Crippen molar-refractivity contribution in [3.63, 3.8) is 0 Å². The molecule has 1 unspecified atom stereocenters. The van der Waals surface area contributed by atoms with Crippen LogP contribution in [0.25, 0.3) is 0 Å². The number of carbonyl (C=O) groups excluding carboxylic acids is 1. The number of aliphatic carboxylic acids is 1. The van der Waals surface area contributed by atoms with Crippen molar-refractivity contribution in [1.29, 1.82) is 0 Å². The van der Waals surface area contributed by atoms with Crippen LogP contribution in [0.3, 0.4) is 0 Å². The van der Waals surface area contributed by atoms with Crippen LogP contribution in [0.1, 0.15) is 26.2 Å². The number of morpholine rings is 1. The number of likely N-dealkylation sites (tertiary alicyclic amines) is 1. The van der Waals surface area contributed by atoms with Crippen molar-refractivity contribution < 1.29 is 19.4 Å². The van der Waals surface area contributed by atoms with Crippen molar-refractivity contribution in [1.82, 2.24) is 9.80 Å². The predicted octanol–water partition coefficient (Wildman–Crippen LogP) is 0.420. The van der Waals surface area contributed by atoms with Crippen LogP contribution in [0, 0.1) is 5.92 Å². The molecule has 2 saturated heterocycles. The second-order valence-corrected chi connectivity index (χ2v) is 5.60. The monoisotopic (exact) mass is 284 g/mol. The van der Waals surface area contributed by atoms with Crippen LogP contribution in [-0.2, 0) is 14.3 Å². The van der Waals surface area contributed by atoms with Gasteiger partial charge in [0.25, 0.3) is 0 Å². The van der Waals surface area contributed by atoms with Gasteiger partial charge in [0, 0.05) is 25.7 Å². The van der Waals surface area contributed by atoms with E-state index in [0.29, 0.717) is 51.7 Å². The lowest BCUT2D eigenvalue weighted by atomic mass is 9.97. The van der Waals surface area contributed by atoms with E-state index in [4.69, 9.17) is 9.84 Å². The summed E-state index contributed by atoms with van der Waals surface area (Å²) in [6, 6.07) is 0.323. The van der Waals surface area contributed by atoms with Crippen molar-refractivity contribution in [2.24, 2.45) is 5.92 Å². The highest BCUT2D eigenvalue weighted by molar-refractivity contribution is 5.79. The van der Waals surface area contributed by atoms with Gasteiger partial charge >= 0.3 is 5.97 Å². The number of rotatable bonds is 4. The Labute approximate surface area is 119 Å². The number of nitrogens with zero attached hydrogens (tertiary/aromatic N) is 2. The summed E-state index contributed by atoms with van der Waals surface area (Å²) < 4.78 is 5.44. The molecule has 0 aromatic heterocycles. The molecule has 114 valence electrons. The minimum Gasteiger partial charge on any atom is -0.481 e. The Hall–Kier alpha value is -1.14. The average Bonchev–Trinajstić information content (AvgIpc) is 2.48. The summed E-state index contributed by atoms with van der Waals surface area (Å²) in [4.78, 5) is 27.2. The molecular formula is C14H24N2O4. The van der Waals surface area contributed by atoms with E-state index in [9.17, 15) is 9.59 Å². The van der Waals surface area contributed by atoms with Crippen LogP contribution in [0.2, 0.25) is 0 Å². The summed E-state index contributed by atoms with van der Waals surface area (Å²) in [5.74, 6) is -0.906. The molecule has 2 rings (SSSR count). The van der Waals surface area contributed by atoms with Gasteiger partial charge in [-0.2, -0.15) is 0 Å². The molecular weight excluding hydrogens is 260 g/mol. The maximum Gasteiger partial charge on any atom is 0.306 e. The van der Waals surface area contributed by atoms with Crippen LogP contribution >= 0.6 is 0 Å². The smallest absolute Gasteiger partial charge is 0.306 e. The zero-order chi connectivity index (χ0) is 14.5. The van der Waals surface area contributed by atoms with Gasteiger partial charge in [-0.1, -0.05) is 6.92 Å². The van der Waals surface area contributed by atoms with E-state index in [1.807, 2.05) is 4.90 Å². The zero-order valence-electron chi connectivity index (χ0n) is 12.1. The van der Waals surface area contributed by atoms with Crippen LogP contribution in [0.15, 0.2) is 0 Å². The number of carbonyl (C=O) groups is 2. The topological polar surface area (TPSA) is 70.1 Å². The highest BCUT2D eigenvalue weighted by Crippen LogP contribution is 2.18. The van der Waals surface area contributed by atoms with Crippen LogP contribution in [-0.4, -0.2) is 72.2 Å². The Morgan fingerprint density at radius 2 is 1.95 bits per heavy atom. The van der Waals surface area contributed by atoms with Crippen LogP contribution in [0.5, 0.6) is 0 Å². The van der Waals surface area contributed by atoms with Gasteiger partial charge in [0.1, 0.15) is 0 Å². The second-order valence-electron chi connectivity index (χ2n) is 5.60. The molecule has 6 heteroatoms. The third kappa shape index (κ3) is 3.70. The first-order valence-corrected chi connectivity index (χ1v) is 7.44. The molecule has 0 saturated carbocycles. The maximum absolute atomic E-state index is 12.3. The molecule has 1 N–H and O–H groups in total. The number of ether oxygens (including phenoxy) is 1. The van der Waals surface area contributed by atoms with Gasteiger partial charge in [-0.15, -0.1) is 0 Å². The Kier molecular flexibility index (Phi) is 5.37. The third-order valence-corrected chi connectivity index (χ3v) is 4.36. The second kappa shape index (κ2) is 7.04. The molecule has 0 aliphatic carbocycles. The van der Waals surface area contributed by atoms with E-state index in [1.54, 1.807) is 0 Å². The SMILES string of the molecule is CCC1COCCN1CC(=O)N1CCC(C(=O)O)CC1. The standard InChI is InChI=1S/C14H24N2O4/c1-2-12-10-20-8-7-16(12)9-13(17)15-5-3-11(4-6-15)14(18)19/h11-12H,2-10H2,1H3,(H,18,19). The van der Waals surface area contributed by atoms with E-state index in [-0.39, 0.29) is 11.8 Å². The van der Waals surface area contributed by atoms with E-state index < -0.39 is 5.97 Å². The summed E-state index contributed by atoms with van der Waals surface area (Å²) in [6.07, 6.45) is 2.12. The molecule has 0 spiro atoms. The summed E-state index contributed by atoms with van der Waals surface area (Å²) in [6.45, 7) is 5.86. The van der Waals surface area contributed by atoms with E-state index >= 15 is 0 Å². The number of carboxylic acids is 1. The summed E-state index contributed by atoms with van der Waals surface area (Å²) in [5, 5.41) is 8.97. The largest absolute Gasteiger partial charge is 0.481 e. The van der Waals surface area contributed by atoms with Gasteiger partial charge in [0.05, 0.1) is 25.7 Å². The Bertz CT molecular complexity index is 353.